The van der Waals surface area contributed by atoms with Crippen molar-refractivity contribution < 1.29 is 43.2 Å². The third-order valence-corrected chi connectivity index (χ3v) is 9.64. The van der Waals surface area contributed by atoms with Gasteiger partial charge in [0.15, 0.2) is 18.0 Å². The lowest BCUT2D eigenvalue weighted by molar-refractivity contribution is -0.187. The van der Waals surface area contributed by atoms with E-state index < -0.39 is 47.9 Å². The molecule has 0 aliphatic heterocycles. The van der Waals surface area contributed by atoms with Gasteiger partial charge in [-0.25, -0.2) is 9.59 Å². The molecule has 3 saturated carbocycles. The molecule has 0 saturated heterocycles. The second-order valence-corrected chi connectivity index (χ2v) is 11.9. The number of ketones is 2. The summed E-state index contributed by atoms with van der Waals surface area (Å²) >= 11 is 0. The first kappa shape index (κ1) is 27.6. The molecular formula is C28H40O9. The highest BCUT2D eigenvalue weighted by Crippen LogP contribution is 2.68. The predicted octanol–water partition coefficient (Wildman–Crippen LogP) is 4.53. The van der Waals surface area contributed by atoms with Crippen LogP contribution in [0.1, 0.15) is 79.6 Å². The molecular weight excluding hydrogens is 480 g/mol. The monoisotopic (exact) mass is 520 g/mol. The normalized spacial score (nSPS) is 38.6. The quantitative estimate of drug-likeness (QED) is 0.503. The lowest BCUT2D eigenvalue weighted by atomic mass is 9.45. The highest BCUT2D eigenvalue weighted by atomic mass is 16.7. The Morgan fingerprint density at radius 1 is 1.08 bits per heavy atom. The van der Waals surface area contributed by atoms with E-state index in [-0.39, 0.29) is 48.4 Å². The summed E-state index contributed by atoms with van der Waals surface area (Å²) in [7, 11) is 0. The van der Waals surface area contributed by atoms with Crippen LogP contribution in [-0.4, -0.2) is 60.0 Å². The van der Waals surface area contributed by atoms with E-state index in [1.807, 2.05) is 6.92 Å². The molecule has 1 N–H and O–H groups in total. The van der Waals surface area contributed by atoms with Gasteiger partial charge in [-0.3, -0.25) is 9.59 Å². The molecule has 0 radical (unpaired) electrons. The standard InChI is InChI=1S/C28H40O9/c1-6-34-25(33)37-28(22(31)15-35-24(32)36-16(2)3)12-10-20-19-8-7-17-13-18(29)9-11-26(17,4)23(19)21(30)14-27(20,28)5/h13,16,19-21,23,30H,6-12,14-15H2,1-5H3/t19-,20-,21-,23+,26-,27-,28-/m0/s1. The first-order chi connectivity index (χ1) is 17.4. The van der Waals surface area contributed by atoms with Crippen LogP contribution in [0.2, 0.25) is 0 Å². The van der Waals surface area contributed by atoms with Crippen molar-refractivity contribution in [3.05, 3.63) is 11.6 Å². The lowest BCUT2D eigenvalue weighted by Gasteiger charge is -2.60. The summed E-state index contributed by atoms with van der Waals surface area (Å²) in [5.74, 6) is -0.355. The second-order valence-electron chi connectivity index (χ2n) is 11.9. The van der Waals surface area contributed by atoms with E-state index in [4.69, 9.17) is 18.9 Å². The number of rotatable bonds is 6. The molecule has 0 aromatic carbocycles. The zero-order valence-electron chi connectivity index (χ0n) is 22.5. The van der Waals surface area contributed by atoms with Crippen molar-refractivity contribution in [2.45, 2.75) is 97.4 Å². The third-order valence-electron chi connectivity index (χ3n) is 9.64. The molecule has 9 heteroatoms. The molecule has 4 rings (SSSR count). The molecule has 37 heavy (non-hydrogen) atoms. The highest BCUT2D eigenvalue weighted by Gasteiger charge is 2.70. The number of hydrogen-bond acceptors (Lipinski definition) is 9. The van der Waals surface area contributed by atoms with E-state index in [1.165, 1.54) is 0 Å². The molecule has 4 aliphatic rings. The summed E-state index contributed by atoms with van der Waals surface area (Å²) in [6, 6.07) is 0. The van der Waals surface area contributed by atoms with Gasteiger partial charge < -0.3 is 24.1 Å². The Kier molecular flexibility index (Phi) is 7.49. The maximum absolute atomic E-state index is 13.8. The van der Waals surface area contributed by atoms with E-state index in [2.05, 4.69) is 6.92 Å². The van der Waals surface area contributed by atoms with Gasteiger partial charge in [0.1, 0.15) is 0 Å². The zero-order valence-corrected chi connectivity index (χ0v) is 22.5. The van der Waals surface area contributed by atoms with Gasteiger partial charge in [-0.1, -0.05) is 19.4 Å². The molecule has 0 unspecified atom stereocenters. The second kappa shape index (κ2) is 10.0. The van der Waals surface area contributed by atoms with Crippen LogP contribution in [0, 0.1) is 28.6 Å². The molecule has 0 spiro atoms. The number of allylic oxidation sites excluding steroid dienone is 1. The van der Waals surface area contributed by atoms with Crippen LogP contribution in [0.25, 0.3) is 0 Å². The van der Waals surface area contributed by atoms with Crippen LogP contribution in [0.15, 0.2) is 11.6 Å². The average molecular weight is 521 g/mol. The average Bonchev–Trinajstić information content (AvgIpc) is 3.09. The van der Waals surface area contributed by atoms with E-state index in [9.17, 15) is 24.3 Å². The van der Waals surface area contributed by atoms with Crippen LogP contribution in [0.4, 0.5) is 9.59 Å². The van der Waals surface area contributed by atoms with Gasteiger partial charge >= 0.3 is 12.3 Å². The number of aliphatic hydroxyl groups is 1. The number of ether oxygens (including phenoxy) is 4. The predicted molar refractivity (Wildman–Crippen MR) is 132 cm³/mol. The summed E-state index contributed by atoms with van der Waals surface area (Å²) in [6.45, 7) is 8.53. The number of carbonyl (C=O) groups is 4. The smallest absolute Gasteiger partial charge is 0.435 e. The Bertz CT molecular complexity index is 986. The fourth-order valence-corrected chi connectivity index (χ4v) is 8.12. The van der Waals surface area contributed by atoms with Gasteiger partial charge in [-0.15, -0.1) is 0 Å². The van der Waals surface area contributed by atoms with Crippen molar-refractivity contribution in [3.8, 4) is 0 Å². The summed E-state index contributed by atoms with van der Waals surface area (Å²) in [4.78, 5) is 50.5. The van der Waals surface area contributed by atoms with Crippen molar-refractivity contribution in [3.63, 3.8) is 0 Å². The summed E-state index contributed by atoms with van der Waals surface area (Å²) in [5.41, 5.74) is -1.65. The highest BCUT2D eigenvalue weighted by molar-refractivity contribution is 5.93. The minimum Gasteiger partial charge on any atom is -0.435 e. The maximum atomic E-state index is 13.8. The van der Waals surface area contributed by atoms with Crippen molar-refractivity contribution in [2.24, 2.45) is 28.6 Å². The summed E-state index contributed by atoms with van der Waals surface area (Å²) in [5, 5.41) is 11.7. The SMILES string of the molecule is CCOC(=O)O[C@]1(C(=O)COC(=O)OC(C)C)CC[C@H]2[C@@H]3CCC4=CC(=O)CC[C@]4(C)[C@H]3[C@@H](O)C[C@@]21C. The van der Waals surface area contributed by atoms with Gasteiger partial charge in [0.2, 0.25) is 5.78 Å². The number of Topliss-reactive ketones (excluding diaryl/α,β-unsaturated/α-hetero) is 1. The summed E-state index contributed by atoms with van der Waals surface area (Å²) in [6.07, 6.45) is 2.55. The molecule has 0 bridgehead atoms. The molecule has 0 heterocycles. The number of hydrogen-bond donors (Lipinski definition) is 1. The van der Waals surface area contributed by atoms with Crippen molar-refractivity contribution in [1.82, 2.24) is 0 Å². The van der Waals surface area contributed by atoms with Crippen LogP contribution in [0.3, 0.4) is 0 Å². The number of aliphatic hydroxyl groups excluding tert-OH is 1. The minimum atomic E-state index is -1.60. The maximum Gasteiger partial charge on any atom is 0.509 e. The largest absolute Gasteiger partial charge is 0.509 e. The van der Waals surface area contributed by atoms with Crippen LogP contribution >= 0.6 is 0 Å². The molecule has 9 nitrogen and oxygen atoms in total. The van der Waals surface area contributed by atoms with Crippen LogP contribution in [-0.2, 0) is 28.5 Å². The molecule has 4 aliphatic carbocycles. The van der Waals surface area contributed by atoms with Crippen molar-refractivity contribution >= 4 is 23.9 Å². The van der Waals surface area contributed by atoms with E-state index in [0.29, 0.717) is 19.3 Å². The van der Waals surface area contributed by atoms with Gasteiger partial charge in [0, 0.05) is 11.8 Å². The molecule has 0 aromatic rings. The fraction of sp³-hybridized carbons (Fsp3) is 0.786. The van der Waals surface area contributed by atoms with Gasteiger partial charge in [-0.2, -0.15) is 0 Å². The van der Waals surface area contributed by atoms with E-state index in [1.54, 1.807) is 26.8 Å². The number of carbonyl (C=O) groups excluding carboxylic acids is 4. The molecule has 0 amide bonds. The van der Waals surface area contributed by atoms with Gasteiger partial charge in [0.05, 0.1) is 18.8 Å². The Labute approximate surface area is 218 Å². The van der Waals surface area contributed by atoms with Crippen molar-refractivity contribution in [1.29, 1.82) is 0 Å². The molecule has 0 aromatic heterocycles. The summed E-state index contributed by atoms with van der Waals surface area (Å²) < 4.78 is 21.0. The minimum absolute atomic E-state index is 0.00195. The molecule has 3 fully saturated rings. The Morgan fingerprint density at radius 3 is 2.49 bits per heavy atom. The van der Waals surface area contributed by atoms with Gasteiger partial charge in [-0.05, 0) is 88.5 Å². The van der Waals surface area contributed by atoms with E-state index >= 15 is 0 Å². The first-order valence-corrected chi connectivity index (χ1v) is 13.5. The lowest BCUT2D eigenvalue weighted by Crippen LogP contribution is -2.63. The number of fused-ring (bicyclic) bond motifs is 5. The van der Waals surface area contributed by atoms with Crippen LogP contribution < -0.4 is 0 Å². The zero-order chi connectivity index (χ0) is 27.2. The topological polar surface area (TPSA) is 125 Å². The first-order valence-electron chi connectivity index (χ1n) is 13.5. The molecule has 206 valence electrons. The Balaban J connectivity index is 1.66. The van der Waals surface area contributed by atoms with Crippen molar-refractivity contribution in [2.75, 3.05) is 13.2 Å². The van der Waals surface area contributed by atoms with Gasteiger partial charge in [0.25, 0.3) is 0 Å². The van der Waals surface area contributed by atoms with Crippen LogP contribution in [0.5, 0.6) is 0 Å². The third kappa shape index (κ3) is 4.57. The molecule has 7 atom stereocenters. The fourth-order valence-electron chi connectivity index (χ4n) is 8.12. The van der Waals surface area contributed by atoms with E-state index in [0.717, 1.165) is 18.4 Å². The Morgan fingerprint density at radius 2 is 1.81 bits per heavy atom. The Hall–Kier alpha value is -2.42.